The van der Waals surface area contributed by atoms with Gasteiger partial charge in [-0.05, 0) is 49.9 Å². The summed E-state index contributed by atoms with van der Waals surface area (Å²) in [5, 5.41) is 3.81. The molecule has 30 heavy (non-hydrogen) atoms. The highest BCUT2D eigenvalue weighted by Crippen LogP contribution is 2.26. The first kappa shape index (κ1) is 23.1. The van der Waals surface area contributed by atoms with Gasteiger partial charge in [-0.15, -0.1) is 0 Å². The summed E-state index contributed by atoms with van der Waals surface area (Å²) in [5.41, 5.74) is 2.68. The van der Waals surface area contributed by atoms with E-state index in [0.717, 1.165) is 11.1 Å². The van der Waals surface area contributed by atoms with Crippen LogP contribution < -0.4 is 5.32 Å². The van der Waals surface area contributed by atoms with Crippen LogP contribution in [0, 0.1) is 12.8 Å². The van der Waals surface area contributed by atoms with Gasteiger partial charge in [0.15, 0.2) is 0 Å². The molecule has 1 aliphatic rings. The first-order chi connectivity index (χ1) is 14.2. The quantitative estimate of drug-likeness (QED) is 0.666. The van der Waals surface area contributed by atoms with Crippen LogP contribution in [0.15, 0.2) is 42.5 Å². The molecule has 1 fully saturated rings. The molecule has 8 heteroatoms. The van der Waals surface area contributed by atoms with Crippen molar-refractivity contribution in [2.24, 2.45) is 5.92 Å². The predicted octanol–water partition coefficient (Wildman–Crippen LogP) is 4.72. The molecule has 162 valence electrons. The van der Waals surface area contributed by atoms with Crippen molar-refractivity contribution in [1.29, 1.82) is 0 Å². The van der Waals surface area contributed by atoms with Crippen molar-refractivity contribution in [3.8, 4) is 0 Å². The number of amides is 1. The van der Waals surface area contributed by atoms with E-state index in [0.29, 0.717) is 35.0 Å². The van der Waals surface area contributed by atoms with Crippen LogP contribution in [0.4, 0.5) is 0 Å². The smallest absolute Gasteiger partial charge is 0.224 e. The van der Waals surface area contributed by atoms with Crippen LogP contribution in [0.2, 0.25) is 10.0 Å². The van der Waals surface area contributed by atoms with E-state index in [1.54, 1.807) is 12.1 Å². The zero-order chi connectivity index (χ0) is 21.9. The molecule has 0 bridgehead atoms. The topological polar surface area (TPSA) is 66.5 Å². The average molecular weight is 469 g/mol. The number of benzene rings is 2. The second-order valence-electron chi connectivity index (χ2n) is 7.83. The minimum Gasteiger partial charge on any atom is -0.349 e. The number of hydrogen-bond donors (Lipinski definition) is 1. The largest absolute Gasteiger partial charge is 0.349 e. The Kier molecular flexibility index (Phi) is 7.45. The Balaban J connectivity index is 1.64. The van der Waals surface area contributed by atoms with Gasteiger partial charge in [0.05, 0.1) is 17.7 Å². The van der Waals surface area contributed by atoms with Crippen LogP contribution in [0.3, 0.4) is 0 Å². The van der Waals surface area contributed by atoms with Crippen LogP contribution in [0.1, 0.15) is 42.5 Å². The van der Waals surface area contributed by atoms with Gasteiger partial charge in [-0.3, -0.25) is 4.79 Å². The van der Waals surface area contributed by atoms with E-state index in [1.165, 1.54) is 10.4 Å². The van der Waals surface area contributed by atoms with Crippen molar-refractivity contribution in [2.75, 3.05) is 13.1 Å². The van der Waals surface area contributed by atoms with Crippen molar-refractivity contribution in [1.82, 2.24) is 9.62 Å². The Morgan fingerprint density at radius 1 is 1.20 bits per heavy atom. The zero-order valence-electron chi connectivity index (χ0n) is 17.1. The highest BCUT2D eigenvalue weighted by Gasteiger charge is 2.33. The molecule has 1 heterocycles. The Labute approximate surface area is 188 Å². The molecule has 1 N–H and O–H groups in total. The Morgan fingerprint density at radius 3 is 2.57 bits per heavy atom. The molecular weight excluding hydrogens is 443 g/mol. The van der Waals surface area contributed by atoms with Gasteiger partial charge in [0.25, 0.3) is 0 Å². The third-order valence-electron chi connectivity index (χ3n) is 5.44. The molecule has 0 radical (unpaired) electrons. The minimum absolute atomic E-state index is 0.118. The number of halogens is 2. The number of nitrogens with one attached hydrogen (secondary N) is 1. The summed E-state index contributed by atoms with van der Waals surface area (Å²) in [7, 11) is -3.60. The molecule has 2 aromatic rings. The van der Waals surface area contributed by atoms with Gasteiger partial charge in [-0.25, -0.2) is 12.7 Å². The van der Waals surface area contributed by atoms with Crippen molar-refractivity contribution < 1.29 is 13.2 Å². The summed E-state index contributed by atoms with van der Waals surface area (Å²) in [4.78, 5) is 12.8. The van der Waals surface area contributed by atoms with E-state index < -0.39 is 10.0 Å². The lowest BCUT2D eigenvalue weighted by Gasteiger charge is -2.32. The number of hydrogen-bond acceptors (Lipinski definition) is 3. The molecule has 1 saturated heterocycles. The second-order valence-corrected chi connectivity index (χ2v) is 10.6. The molecule has 2 aromatic carbocycles. The number of carbonyl (C=O) groups excluding carboxylic acids is 1. The van der Waals surface area contributed by atoms with E-state index in [9.17, 15) is 13.2 Å². The van der Waals surface area contributed by atoms with E-state index in [-0.39, 0.29) is 30.2 Å². The second kappa shape index (κ2) is 9.69. The fraction of sp³-hybridized carbons (Fsp3) is 0.409. The Morgan fingerprint density at radius 2 is 1.90 bits per heavy atom. The number of aryl methyl sites for hydroxylation is 1. The summed E-state index contributed by atoms with van der Waals surface area (Å²) in [6.45, 7) is 4.54. The first-order valence-electron chi connectivity index (χ1n) is 9.94. The fourth-order valence-electron chi connectivity index (χ4n) is 3.61. The predicted molar refractivity (Wildman–Crippen MR) is 121 cm³/mol. The molecular formula is C22H26Cl2N2O3S. The highest BCUT2D eigenvalue weighted by atomic mass is 35.5. The molecule has 0 aromatic heterocycles. The Hall–Kier alpha value is -1.60. The van der Waals surface area contributed by atoms with Crippen LogP contribution in [-0.4, -0.2) is 31.7 Å². The van der Waals surface area contributed by atoms with E-state index in [1.807, 2.05) is 38.1 Å². The molecule has 0 saturated carbocycles. The Bertz CT molecular complexity index is 1010. The van der Waals surface area contributed by atoms with Gasteiger partial charge >= 0.3 is 0 Å². The number of rotatable bonds is 6. The van der Waals surface area contributed by atoms with E-state index in [2.05, 4.69) is 5.32 Å². The van der Waals surface area contributed by atoms with Crippen LogP contribution in [-0.2, 0) is 20.6 Å². The van der Waals surface area contributed by atoms with Crippen molar-refractivity contribution in [3.63, 3.8) is 0 Å². The first-order valence-corrected chi connectivity index (χ1v) is 12.3. The average Bonchev–Trinajstić information content (AvgIpc) is 2.70. The van der Waals surface area contributed by atoms with Gasteiger partial charge in [-0.1, -0.05) is 59.1 Å². The molecule has 0 spiro atoms. The monoisotopic (exact) mass is 468 g/mol. The van der Waals surface area contributed by atoms with Gasteiger partial charge in [0, 0.05) is 23.1 Å². The standard InChI is InChI=1S/C22H26Cl2N2O3S/c1-15-5-7-17(8-6-15)16(2)25-22(27)18-4-3-11-26(13-18)30(28,29)14-19-9-10-20(23)12-21(19)24/h5-10,12,16,18H,3-4,11,13-14H2,1-2H3,(H,25,27)/t16-,18-/m1/s1. The van der Waals surface area contributed by atoms with Gasteiger partial charge in [0.1, 0.15) is 0 Å². The van der Waals surface area contributed by atoms with Gasteiger partial charge in [-0.2, -0.15) is 0 Å². The molecule has 1 amide bonds. The van der Waals surface area contributed by atoms with Crippen molar-refractivity contribution in [3.05, 3.63) is 69.2 Å². The summed E-state index contributed by atoms with van der Waals surface area (Å²) < 4.78 is 27.3. The summed E-state index contributed by atoms with van der Waals surface area (Å²) in [5.74, 6) is -0.702. The lowest BCUT2D eigenvalue weighted by atomic mass is 9.97. The number of nitrogens with zero attached hydrogens (tertiary/aromatic N) is 1. The SMILES string of the molecule is Cc1ccc([C@@H](C)NC(=O)[C@@H]2CCCN(S(=O)(=O)Cc3ccc(Cl)cc3Cl)C2)cc1. The van der Waals surface area contributed by atoms with Crippen LogP contribution >= 0.6 is 23.2 Å². The summed E-state index contributed by atoms with van der Waals surface area (Å²) in [6, 6.07) is 12.6. The molecule has 1 aliphatic heterocycles. The van der Waals surface area contributed by atoms with Crippen LogP contribution in [0.5, 0.6) is 0 Å². The minimum atomic E-state index is -3.60. The molecule has 0 unspecified atom stereocenters. The lowest BCUT2D eigenvalue weighted by Crippen LogP contribution is -2.46. The van der Waals surface area contributed by atoms with Crippen LogP contribution in [0.25, 0.3) is 0 Å². The summed E-state index contributed by atoms with van der Waals surface area (Å²) in [6.07, 6.45) is 1.31. The maximum absolute atomic E-state index is 12.9. The van der Waals surface area contributed by atoms with Gasteiger partial charge in [0.2, 0.25) is 15.9 Å². The zero-order valence-corrected chi connectivity index (χ0v) is 19.4. The lowest BCUT2D eigenvalue weighted by molar-refractivity contribution is -0.126. The fourth-order valence-corrected chi connectivity index (χ4v) is 5.80. The normalized spacial score (nSPS) is 18.7. The van der Waals surface area contributed by atoms with Crippen molar-refractivity contribution >= 4 is 39.1 Å². The number of sulfonamides is 1. The van der Waals surface area contributed by atoms with Gasteiger partial charge < -0.3 is 5.32 Å². The van der Waals surface area contributed by atoms with E-state index in [4.69, 9.17) is 23.2 Å². The highest BCUT2D eigenvalue weighted by molar-refractivity contribution is 7.88. The number of carbonyl (C=O) groups is 1. The third kappa shape index (κ3) is 5.76. The molecule has 3 rings (SSSR count). The van der Waals surface area contributed by atoms with E-state index >= 15 is 0 Å². The maximum Gasteiger partial charge on any atom is 0.224 e. The number of piperidine rings is 1. The third-order valence-corrected chi connectivity index (χ3v) is 7.82. The molecule has 2 atom stereocenters. The molecule has 0 aliphatic carbocycles. The maximum atomic E-state index is 12.9. The summed E-state index contributed by atoms with van der Waals surface area (Å²) >= 11 is 12.0. The molecule has 5 nitrogen and oxygen atoms in total. The van der Waals surface area contributed by atoms with Crippen molar-refractivity contribution in [2.45, 2.75) is 38.5 Å².